The second kappa shape index (κ2) is 9.60. The molecule has 5 nitrogen and oxygen atoms in total. The zero-order valence-corrected chi connectivity index (χ0v) is 19.0. The van der Waals surface area contributed by atoms with E-state index in [0.717, 1.165) is 36.2 Å². The zero-order chi connectivity index (χ0) is 22.0. The van der Waals surface area contributed by atoms with E-state index in [1.54, 1.807) is 12.1 Å². The van der Waals surface area contributed by atoms with E-state index in [2.05, 4.69) is 28.6 Å². The smallest absolute Gasteiger partial charge is 0.246 e. The number of para-hydroxylation sites is 1. The maximum absolute atomic E-state index is 12.9. The molecule has 31 heavy (non-hydrogen) atoms. The topological polar surface area (TPSA) is 61.4 Å². The molecule has 0 spiro atoms. The molecule has 4 rings (SSSR count). The Morgan fingerprint density at radius 1 is 1.23 bits per heavy atom. The van der Waals surface area contributed by atoms with Gasteiger partial charge in [0.1, 0.15) is 6.04 Å². The van der Waals surface area contributed by atoms with Gasteiger partial charge in [-0.15, -0.1) is 0 Å². The molecule has 3 unspecified atom stereocenters. The lowest BCUT2D eigenvalue weighted by Gasteiger charge is -2.30. The molecular weight excluding hydrogens is 433 g/mol. The Morgan fingerprint density at radius 2 is 2.03 bits per heavy atom. The van der Waals surface area contributed by atoms with Gasteiger partial charge in [-0.25, -0.2) is 0 Å². The summed E-state index contributed by atoms with van der Waals surface area (Å²) in [6.07, 6.45) is 3.59. The Balaban J connectivity index is 1.47. The SMILES string of the molecule is CN1CCCC1C1CC(NC(=O)CCc2ccc(Cl)cc2Cl)C(=O)Nc2ccccc21. The highest BCUT2D eigenvalue weighted by Crippen LogP contribution is 2.39. The molecule has 0 aromatic heterocycles. The van der Waals surface area contributed by atoms with Gasteiger partial charge in [0.15, 0.2) is 0 Å². The zero-order valence-electron chi connectivity index (χ0n) is 17.5. The molecule has 2 N–H and O–H groups in total. The maximum atomic E-state index is 12.9. The van der Waals surface area contributed by atoms with Gasteiger partial charge in [-0.2, -0.15) is 0 Å². The first-order valence-electron chi connectivity index (χ1n) is 10.8. The predicted molar refractivity (Wildman–Crippen MR) is 125 cm³/mol. The van der Waals surface area contributed by atoms with Crippen LogP contribution in [0.5, 0.6) is 0 Å². The summed E-state index contributed by atoms with van der Waals surface area (Å²) in [5, 5.41) is 7.12. The molecule has 1 saturated heterocycles. The Morgan fingerprint density at radius 3 is 2.77 bits per heavy atom. The largest absolute Gasteiger partial charge is 0.344 e. The van der Waals surface area contributed by atoms with Gasteiger partial charge < -0.3 is 15.5 Å². The van der Waals surface area contributed by atoms with Crippen LogP contribution in [0.3, 0.4) is 0 Å². The van der Waals surface area contributed by atoms with Crippen LogP contribution in [0.1, 0.15) is 42.7 Å². The molecule has 2 amide bonds. The van der Waals surface area contributed by atoms with Crippen molar-refractivity contribution in [3.05, 3.63) is 63.6 Å². The number of aryl methyl sites for hydroxylation is 1. The van der Waals surface area contributed by atoms with Crippen LogP contribution in [0.25, 0.3) is 0 Å². The van der Waals surface area contributed by atoms with Crippen LogP contribution in [0, 0.1) is 0 Å². The van der Waals surface area contributed by atoms with E-state index in [1.165, 1.54) is 0 Å². The highest BCUT2D eigenvalue weighted by Gasteiger charge is 2.37. The molecule has 2 aromatic carbocycles. The van der Waals surface area contributed by atoms with Gasteiger partial charge >= 0.3 is 0 Å². The fraction of sp³-hybridized carbons (Fsp3) is 0.417. The Bertz CT molecular complexity index is 981. The summed E-state index contributed by atoms with van der Waals surface area (Å²) in [6.45, 7) is 1.06. The molecule has 2 aliphatic rings. The van der Waals surface area contributed by atoms with Crippen molar-refractivity contribution in [2.45, 2.75) is 50.1 Å². The molecule has 164 valence electrons. The number of anilines is 1. The lowest BCUT2D eigenvalue weighted by molar-refractivity contribution is -0.126. The predicted octanol–water partition coefficient (Wildman–Crippen LogP) is 4.63. The number of hydrogen-bond donors (Lipinski definition) is 2. The van der Waals surface area contributed by atoms with Gasteiger partial charge in [-0.1, -0.05) is 47.5 Å². The number of benzene rings is 2. The van der Waals surface area contributed by atoms with Gasteiger partial charge in [-0.05, 0) is 68.6 Å². The van der Waals surface area contributed by atoms with Crippen LogP contribution in [-0.4, -0.2) is 42.4 Å². The summed E-state index contributed by atoms with van der Waals surface area (Å²) in [5.74, 6) is -0.136. The summed E-state index contributed by atoms with van der Waals surface area (Å²) in [6, 6.07) is 13.1. The number of fused-ring (bicyclic) bond motifs is 1. The molecule has 2 aromatic rings. The monoisotopic (exact) mass is 459 g/mol. The summed E-state index contributed by atoms with van der Waals surface area (Å²) < 4.78 is 0. The number of rotatable bonds is 5. The first-order chi connectivity index (χ1) is 14.9. The second-order valence-electron chi connectivity index (χ2n) is 8.46. The van der Waals surface area contributed by atoms with E-state index in [0.29, 0.717) is 28.9 Å². The van der Waals surface area contributed by atoms with Crippen molar-refractivity contribution in [2.75, 3.05) is 18.9 Å². The number of carbonyl (C=O) groups is 2. The minimum Gasteiger partial charge on any atom is -0.344 e. The number of amides is 2. The number of carbonyl (C=O) groups excluding carboxylic acids is 2. The van der Waals surface area contributed by atoms with E-state index in [-0.39, 0.29) is 24.2 Å². The minimum absolute atomic E-state index is 0.157. The fourth-order valence-corrected chi connectivity index (χ4v) is 5.32. The highest BCUT2D eigenvalue weighted by molar-refractivity contribution is 6.35. The molecule has 2 heterocycles. The van der Waals surface area contributed by atoms with Gasteiger partial charge in [-0.3, -0.25) is 9.59 Å². The van der Waals surface area contributed by atoms with Gasteiger partial charge in [0.05, 0.1) is 0 Å². The summed E-state index contributed by atoms with van der Waals surface area (Å²) in [4.78, 5) is 28.0. The van der Waals surface area contributed by atoms with Crippen molar-refractivity contribution in [1.29, 1.82) is 0 Å². The molecule has 0 saturated carbocycles. The third kappa shape index (κ3) is 5.05. The number of nitrogens with one attached hydrogen (secondary N) is 2. The summed E-state index contributed by atoms with van der Waals surface area (Å²) in [5.41, 5.74) is 2.87. The lowest BCUT2D eigenvalue weighted by atomic mass is 9.84. The third-order valence-corrected chi connectivity index (χ3v) is 7.02. The number of nitrogens with zero attached hydrogens (tertiary/aromatic N) is 1. The number of likely N-dealkylation sites (tertiary alicyclic amines) is 1. The first-order valence-corrected chi connectivity index (χ1v) is 11.5. The third-order valence-electron chi connectivity index (χ3n) is 6.44. The second-order valence-corrected chi connectivity index (χ2v) is 9.31. The molecule has 0 aliphatic carbocycles. The van der Waals surface area contributed by atoms with Crippen LogP contribution < -0.4 is 10.6 Å². The van der Waals surface area contributed by atoms with E-state index in [1.807, 2.05) is 24.3 Å². The Labute approximate surface area is 193 Å². The number of halogens is 2. The molecule has 7 heteroatoms. The van der Waals surface area contributed by atoms with Crippen LogP contribution in [0.15, 0.2) is 42.5 Å². The van der Waals surface area contributed by atoms with Crippen molar-refractivity contribution in [2.24, 2.45) is 0 Å². The lowest BCUT2D eigenvalue weighted by Crippen LogP contribution is -2.45. The van der Waals surface area contributed by atoms with Crippen molar-refractivity contribution in [3.8, 4) is 0 Å². The average molecular weight is 460 g/mol. The molecular formula is C24H27Cl2N3O2. The van der Waals surface area contributed by atoms with Gasteiger partial charge in [0.25, 0.3) is 0 Å². The summed E-state index contributed by atoms with van der Waals surface area (Å²) in [7, 11) is 2.14. The van der Waals surface area contributed by atoms with Crippen molar-refractivity contribution >= 4 is 40.7 Å². The van der Waals surface area contributed by atoms with Gasteiger partial charge in [0, 0.05) is 34.1 Å². The van der Waals surface area contributed by atoms with Crippen LogP contribution in [0.4, 0.5) is 5.69 Å². The average Bonchev–Trinajstić information content (AvgIpc) is 3.11. The minimum atomic E-state index is -0.570. The van der Waals surface area contributed by atoms with Crippen LogP contribution >= 0.6 is 23.2 Å². The fourth-order valence-electron chi connectivity index (χ4n) is 4.81. The van der Waals surface area contributed by atoms with Crippen LogP contribution in [0.2, 0.25) is 10.0 Å². The number of hydrogen-bond acceptors (Lipinski definition) is 3. The number of likely N-dealkylation sites (N-methyl/N-ethyl adjacent to an activating group) is 1. The maximum Gasteiger partial charge on any atom is 0.246 e. The quantitative estimate of drug-likeness (QED) is 0.684. The van der Waals surface area contributed by atoms with E-state index in [4.69, 9.17) is 23.2 Å². The molecule has 0 radical (unpaired) electrons. The molecule has 2 aliphatic heterocycles. The molecule has 1 fully saturated rings. The Kier molecular flexibility index (Phi) is 6.85. The van der Waals surface area contributed by atoms with E-state index < -0.39 is 6.04 Å². The van der Waals surface area contributed by atoms with Crippen molar-refractivity contribution < 1.29 is 9.59 Å². The first kappa shape index (κ1) is 22.1. The van der Waals surface area contributed by atoms with E-state index >= 15 is 0 Å². The standard InChI is InChI=1S/C24H27Cl2N3O2/c1-29-12-4-7-22(29)18-14-21(24(31)28-20-6-3-2-5-17(18)20)27-23(30)11-9-15-8-10-16(25)13-19(15)26/h2-3,5-6,8,10,13,18,21-22H,4,7,9,11-12,14H2,1H3,(H,27,30)(H,28,31). The van der Waals surface area contributed by atoms with Gasteiger partial charge in [0.2, 0.25) is 11.8 Å². The Hall–Kier alpha value is -2.08. The normalized spacial score (nSPS) is 23.7. The summed E-state index contributed by atoms with van der Waals surface area (Å²) >= 11 is 12.2. The molecule has 0 bridgehead atoms. The molecule has 3 atom stereocenters. The highest BCUT2D eigenvalue weighted by atomic mass is 35.5. The van der Waals surface area contributed by atoms with E-state index in [9.17, 15) is 9.59 Å². The van der Waals surface area contributed by atoms with Crippen molar-refractivity contribution in [1.82, 2.24) is 10.2 Å². The van der Waals surface area contributed by atoms with Crippen molar-refractivity contribution in [3.63, 3.8) is 0 Å². The van der Waals surface area contributed by atoms with Crippen LogP contribution in [-0.2, 0) is 16.0 Å².